The summed E-state index contributed by atoms with van der Waals surface area (Å²) < 4.78 is 41.3. The number of hydrogen-bond acceptors (Lipinski definition) is 9. The van der Waals surface area contributed by atoms with Crippen molar-refractivity contribution in [2.45, 2.75) is 26.9 Å². The summed E-state index contributed by atoms with van der Waals surface area (Å²) in [6.45, 7) is 12.7. The number of carbonyl (C=O) groups is 1. The summed E-state index contributed by atoms with van der Waals surface area (Å²) in [7, 11) is -2.88. The molecular formula is C20H35N5O6S. The fourth-order valence-corrected chi connectivity index (χ4v) is 4.23. The SMILES string of the molecule is C=C(C)C(=O)NCCOCCOCCOCCn1nnc(CN2CCS(=O)(=O)CC2)c1C. The van der Waals surface area contributed by atoms with Gasteiger partial charge in [-0.05, 0) is 13.8 Å². The van der Waals surface area contributed by atoms with Crippen LogP contribution in [0.3, 0.4) is 0 Å². The molecule has 0 radical (unpaired) electrons. The van der Waals surface area contributed by atoms with Crippen LogP contribution in [0, 0.1) is 6.92 Å². The average Bonchev–Trinajstić information content (AvgIpc) is 3.09. The number of sulfone groups is 1. The van der Waals surface area contributed by atoms with E-state index in [1.165, 1.54) is 0 Å². The molecule has 182 valence electrons. The number of nitrogens with one attached hydrogen (secondary N) is 1. The molecule has 12 heteroatoms. The van der Waals surface area contributed by atoms with Gasteiger partial charge in [0.1, 0.15) is 0 Å². The molecule has 1 aliphatic rings. The lowest BCUT2D eigenvalue weighted by atomic mass is 10.3. The van der Waals surface area contributed by atoms with Gasteiger partial charge in [0.15, 0.2) is 9.84 Å². The normalized spacial score (nSPS) is 16.2. The number of carbonyl (C=O) groups excluding carboxylic acids is 1. The minimum atomic E-state index is -2.88. The van der Waals surface area contributed by atoms with Crippen molar-refractivity contribution in [3.8, 4) is 0 Å². The van der Waals surface area contributed by atoms with E-state index in [0.29, 0.717) is 77.9 Å². The van der Waals surface area contributed by atoms with Crippen LogP contribution >= 0.6 is 0 Å². The molecule has 1 saturated heterocycles. The third-order valence-electron chi connectivity index (χ3n) is 5.00. The molecule has 1 N–H and O–H groups in total. The molecule has 2 heterocycles. The number of aromatic nitrogens is 3. The van der Waals surface area contributed by atoms with Gasteiger partial charge in [-0.1, -0.05) is 11.8 Å². The van der Waals surface area contributed by atoms with Crippen LogP contribution in [0.4, 0.5) is 0 Å². The summed E-state index contributed by atoms with van der Waals surface area (Å²) in [6, 6.07) is 0. The number of rotatable bonds is 15. The molecule has 1 fully saturated rings. The lowest BCUT2D eigenvalue weighted by Gasteiger charge is -2.25. The monoisotopic (exact) mass is 473 g/mol. The minimum absolute atomic E-state index is 0.168. The van der Waals surface area contributed by atoms with Gasteiger partial charge < -0.3 is 19.5 Å². The van der Waals surface area contributed by atoms with E-state index >= 15 is 0 Å². The predicted molar refractivity (Wildman–Crippen MR) is 119 cm³/mol. The van der Waals surface area contributed by atoms with Crippen LogP contribution < -0.4 is 5.32 Å². The van der Waals surface area contributed by atoms with Crippen molar-refractivity contribution >= 4 is 15.7 Å². The van der Waals surface area contributed by atoms with Gasteiger partial charge in [-0.2, -0.15) is 0 Å². The second-order valence-corrected chi connectivity index (χ2v) is 9.95. The maximum atomic E-state index is 11.5. The van der Waals surface area contributed by atoms with E-state index in [0.717, 1.165) is 11.4 Å². The first-order valence-electron chi connectivity index (χ1n) is 10.8. The molecule has 0 unspecified atom stereocenters. The third kappa shape index (κ3) is 9.74. The summed E-state index contributed by atoms with van der Waals surface area (Å²) >= 11 is 0. The predicted octanol–water partition coefficient (Wildman–Crippen LogP) is -0.441. The van der Waals surface area contributed by atoms with E-state index < -0.39 is 9.84 Å². The van der Waals surface area contributed by atoms with Crippen LogP contribution in [-0.2, 0) is 41.9 Å². The van der Waals surface area contributed by atoms with Gasteiger partial charge in [0.25, 0.3) is 0 Å². The highest BCUT2D eigenvalue weighted by molar-refractivity contribution is 7.91. The third-order valence-corrected chi connectivity index (χ3v) is 6.61. The zero-order chi connectivity index (χ0) is 23.4. The molecular weight excluding hydrogens is 438 g/mol. The van der Waals surface area contributed by atoms with E-state index in [9.17, 15) is 13.2 Å². The Hall–Kier alpha value is -1.86. The van der Waals surface area contributed by atoms with Crippen molar-refractivity contribution in [2.75, 3.05) is 70.8 Å². The zero-order valence-electron chi connectivity index (χ0n) is 19.0. The Kier molecular flexibility index (Phi) is 11.2. The number of amides is 1. The molecule has 1 aromatic rings. The Bertz CT molecular complexity index is 828. The number of nitrogens with zero attached hydrogens (tertiary/aromatic N) is 4. The van der Waals surface area contributed by atoms with Crippen LogP contribution in [0.15, 0.2) is 12.2 Å². The Morgan fingerprint density at radius 3 is 2.28 bits per heavy atom. The smallest absolute Gasteiger partial charge is 0.246 e. The van der Waals surface area contributed by atoms with Gasteiger partial charge >= 0.3 is 0 Å². The molecule has 1 aliphatic heterocycles. The largest absolute Gasteiger partial charge is 0.377 e. The summed E-state index contributed by atoms with van der Waals surface area (Å²) in [5.41, 5.74) is 2.31. The second kappa shape index (κ2) is 13.6. The lowest BCUT2D eigenvalue weighted by Crippen LogP contribution is -2.39. The summed E-state index contributed by atoms with van der Waals surface area (Å²) in [5.74, 6) is 0.241. The van der Waals surface area contributed by atoms with Crippen LogP contribution in [-0.4, -0.2) is 105 Å². The molecule has 11 nitrogen and oxygen atoms in total. The highest BCUT2D eigenvalue weighted by Gasteiger charge is 2.23. The second-order valence-electron chi connectivity index (χ2n) is 7.65. The Labute approximate surface area is 190 Å². The first-order chi connectivity index (χ1) is 15.3. The van der Waals surface area contributed by atoms with E-state index in [-0.39, 0.29) is 17.4 Å². The number of ether oxygens (including phenoxy) is 3. The van der Waals surface area contributed by atoms with Crippen molar-refractivity contribution in [3.05, 3.63) is 23.5 Å². The van der Waals surface area contributed by atoms with Crippen molar-refractivity contribution in [1.29, 1.82) is 0 Å². The average molecular weight is 474 g/mol. The molecule has 0 aliphatic carbocycles. The first-order valence-corrected chi connectivity index (χ1v) is 12.6. The van der Waals surface area contributed by atoms with E-state index in [1.807, 2.05) is 6.92 Å². The van der Waals surface area contributed by atoms with Gasteiger partial charge in [-0.15, -0.1) is 5.10 Å². The summed E-state index contributed by atoms with van der Waals surface area (Å²) in [6.07, 6.45) is 0. The molecule has 32 heavy (non-hydrogen) atoms. The van der Waals surface area contributed by atoms with Gasteiger partial charge in [-0.25, -0.2) is 13.1 Å². The maximum absolute atomic E-state index is 11.5. The van der Waals surface area contributed by atoms with E-state index in [1.54, 1.807) is 11.6 Å². The van der Waals surface area contributed by atoms with Crippen LogP contribution in [0.1, 0.15) is 18.3 Å². The molecule has 0 saturated carbocycles. The van der Waals surface area contributed by atoms with Crippen molar-refractivity contribution in [1.82, 2.24) is 25.2 Å². The van der Waals surface area contributed by atoms with Crippen molar-refractivity contribution in [3.63, 3.8) is 0 Å². The molecule has 0 aromatic carbocycles. The number of hydrogen-bond donors (Lipinski definition) is 1. The van der Waals surface area contributed by atoms with Gasteiger partial charge in [-0.3, -0.25) is 9.69 Å². The minimum Gasteiger partial charge on any atom is -0.377 e. The topological polar surface area (TPSA) is 125 Å². The first kappa shape index (κ1) is 26.4. The Balaban J connectivity index is 1.48. The van der Waals surface area contributed by atoms with E-state index in [2.05, 4.69) is 27.1 Å². The molecule has 1 amide bonds. The summed E-state index contributed by atoms with van der Waals surface area (Å²) in [4.78, 5) is 13.4. The maximum Gasteiger partial charge on any atom is 0.246 e. The molecule has 2 rings (SSSR count). The Morgan fingerprint density at radius 2 is 1.66 bits per heavy atom. The molecule has 0 atom stereocenters. The highest BCUT2D eigenvalue weighted by atomic mass is 32.2. The fraction of sp³-hybridized carbons (Fsp3) is 0.750. The molecule has 1 aromatic heterocycles. The fourth-order valence-electron chi connectivity index (χ4n) is 2.96. The molecule has 0 bridgehead atoms. The van der Waals surface area contributed by atoms with Gasteiger partial charge in [0.2, 0.25) is 5.91 Å². The zero-order valence-corrected chi connectivity index (χ0v) is 19.9. The summed E-state index contributed by atoms with van der Waals surface area (Å²) in [5, 5.41) is 11.1. The standard InChI is InChI=1S/C20H35N5O6S/c1-17(2)20(26)21-4-8-29-10-12-31-13-11-30-9-5-25-18(3)19(22-23-25)16-24-6-14-32(27,28)15-7-24/h1,4-16H2,2-3H3,(H,21,26). The van der Waals surface area contributed by atoms with Crippen molar-refractivity contribution in [2.24, 2.45) is 0 Å². The van der Waals surface area contributed by atoms with Crippen molar-refractivity contribution < 1.29 is 27.4 Å². The lowest BCUT2D eigenvalue weighted by molar-refractivity contribution is -0.117. The highest BCUT2D eigenvalue weighted by Crippen LogP contribution is 2.11. The van der Waals surface area contributed by atoms with Crippen LogP contribution in [0.25, 0.3) is 0 Å². The van der Waals surface area contributed by atoms with E-state index in [4.69, 9.17) is 14.2 Å². The van der Waals surface area contributed by atoms with Crippen LogP contribution in [0.2, 0.25) is 0 Å². The quantitative estimate of drug-likeness (QED) is 0.266. The van der Waals surface area contributed by atoms with Crippen LogP contribution in [0.5, 0.6) is 0 Å². The van der Waals surface area contributed by atoms with Gasteiger partial charge in [0.05, 0.1) is 69.1 Å². The Morgan fingerprint density at radius 1 is 1.06 bits per heavy atom. The van der Waals surface area contributed by atoms with Gasteiger partial charge in [0, 0.05) is 31.8 Å². The molecule has 0 spiro atoms.